The summed E-state index contributed by atoms with van der Waals surface area (Å²) in [6.45, 7) is 1.59. The Balaban J connectivity index is 2.00. The van der Waals surface area contributed by atoms with Crippen LogP contribution in [-0.2, 0) is 4.79 Å². The number of hydrogen-bond acceptors (Lipinski definition) is 5. The van der Waals surface area contributed by atoms with E-state index in [0.29, 0.717) is 17.2 Å². The lowest BCUT2D eigenvalue weighted by Crippen LogP contribution is -2.47. The molecule has 7 nitrogen and oxygen atoms in total. The lowest BCUT2D eigenvalue weighted by atomic mass is 10.1. The van der Waals surface area contributed by atoms with E-state index in [0.717, 1.165) is 0 Å². The van der Waals surface area contributed by atoms with Crippen LogP contribution in [0.2, 0.25) is 0 Å². The van der Waals surface area contributed by atoms with Gasteiger partial charge >= 0.3 is 5.97 Å². The summed E-state index contributed by atoms with van der Waals surface area (Å²) in [6.07, 6.45) is -1.11. The maximum atomic E-state index is 12.5. The first-order valence-electron chi connectivity index (χ1n) is 6.30. The number of carbonyl (C=O) groups excluding carboxylic acids is 1. The number of para-hydroxylation sites is 2. The number of aryl methyl sites for hydroxylation is 1. The summed E-state index contributed by atoms with van der Waals surface area (Å²) in [5, 5.41) is 12.8. The molecule has 1 aromatic carbocycles. The largest absolute Gasteiger partial charge is 0.478 e. The molecule has 1 N–H and O–H groups in total. The van der Waals surface area contributed by atoms with Gasteiger partial charge in [-0.1, -0.05) is 17.3 Å². The highest BCUT2D eigenvalue weighted by molar-refractivity contribution is 6.06. The fourth-order valence-electron chi connectivity index (χ4n) is 2.16. The number of carboxylic acids is 1. The number of amides is 1. The summed E-state index contributed by atoms with van der Waals surface area (Å²) in [5.74, 6) is -0.688. The molecule has 0 saturated carbocycles. The molecule has 108 valence electrons. The number of fused-ring (bicyclic) bond motifs is 1. The van der Waals surface area contributed by atoms with E-state index in [2.05, 4.69) is 5.16 Å². The van der Waals surface area contributed by atoms with Crippen LogP contribution in [-0.4, -0.2) is 34.8 Å². The molecule has 1 unspecified atom stereocenters. The number of ether oxygens (including phenoxy) is 1. The molecule has 0 radical (unpaired) electrons. The standard InChI is InChI=1S/C14H12N2O5/c1-8-6-9(15-21-8)13(17)16-7-12(14(18)19)20-11-5-3-2-4-10(11)16/h2-6,12H,7H2,1H3,(H,18,19). The number of anilines is 1. The van der Waals surface area contributed by atoms with Crippen molar-refractivity contribution in [2.45, 2.75) is 13.0 Å². The van der Waals surface area contributed by atoms with Crippen molar-refractivity contribution in [3.63, 3.8) is 0 Å². The van der Waals surface area contributed by atoms with E-state index in [4.69, 9.17) is 14.4 Å². The fraction of sp³-hybridized carbons (Fsp3) is 0.214. The van der Waals surface area contributed by atoms with Gasteiger partial charge in [0, 0.05) is 6.07 Å². The number of rotatable bonds is 2. The number of hydrogen-bond donors (Lipinski definition) is 1. The van der Waals surface area contributed by atoms with E-state index < -0.39 is 18.0 Å². The Morgan fingerprint density at radius 3 is 2.81 bits per heavy atom. The average molecular weight is 288 g/mol. The van der Waals surface area contributed by atoms with Gasteiger partial charge in [-0.2, -0.15) is 0 Å². The second-order valence-electron chi connectivity index (χ2n) is 4.65. The predicted molar refractivity (Wildman–Crippen MR) is 71.4 cm³/mol. The molecule has 3 rings (SSSR count). The summed E-state index contributed by atoms with van der Waals surface area (Å²) >= 11 is 0. The Bertz CT molecular complexity index is 709. The van der Waals surface area contributed by atoms with Crippen LogP contribution in [0.1, 0.15) is 16.2 Å². The second-order valence-corrected chi connectivity index (χ2v) is 4.65. The molecule has 1 amide bonds. The lowest BCUT2D eigenvalue weighted by molar-refractivity contribution is -0.144. The number of carboxylic acid groups (broad SMARTS) is 1. The van der Waals surface area contributed by atoms with E-state index in [1.54, 1.807) is 31.2 Å². The van der Waals surface area contributed by atoms with Crippen LogP contribution in [0.3, 0.4) is 0 Å². The first-order valence-corrected chi connectivity index (χ1v) is 6.30. The molecule has 1 aromatic heterocycles. The van der Waals surface area contributed by atoms with E-state index in [9.17, 15) is 9.59 Å². The van der Waals surface area contributed by atoms with Crippen molar-refractivity contribution in [3.05, 3.63) is 41.8 Å². The Hall–Kier alpha value is -2.83. The number of aliphatic carboxylic acids is 1. The Labute approximate surface area is 119 Å². The van der Waals surface area contributed by atoms with E-state index >= 15 is 0 Å². The summed E-state index contributed by atoms with van der Waals surface area (Å²) in [4.78, 5) is 25.0. The second kappa shape index (κ2) is 4.93. The SMILES string of the molecule is Cc1cc(C(=O)N2CC(C(=O)O)Oc3ccccc32)no1. The smallest absolute Gasteiger partial charge is 0.346 e. The van der Waals surface area contributed by atoms with Gasteiger partial charge in [-0.05, 0) is 19.1 Å². The van der Waals surface area contributed by atoms with Gasteiger partial charge in [0.15, 0.2) is 5.69 Å². The van der Waals surface area contributed by atoms with E-state index in [-0.39, 0.29) is 12.2 Å². The fourth-order valence-corrected chi connectivity index (χ4v) is 2.16. The normalized spacial score (nSPS) is 17.0. The quantitative estimate of drug-likeness (QED) is 0.899. The zero-order chi connectivity index (χ0) is 15.0. The van der Waals surface area contributed by atoms with Crippen molar-refractivity contribution in [3.8, 4) is 5.75 Å². The molecule has 1 atom stereocenters. The summed E-state index contributed by atoms with van der Waals surface area (Å²) in [6, 6.07) is 8.29. The van der Waals surface area contributed by atoms with Crippen LogP contribution >= 0.6 is 0 Å². The third-order valence-corrected chi connectivity index (χ3v) is 3.14. The molecule has 0 bridgehead atoms. The molecule has 7 heteroatoms. The summed E-state index contributed by atoms with van der Waals surface area (Å²) in [7, 11) is 0. The van der Waals surface area contributed by atoms with Gasteiger partial charge in [0.1, 0.15) is 11.5 Å². The zero-order valence-electron chi connectivity index (χ0n) is 11.1. The Morgan fingerprint density at radius 1 is 1.38 bits per heavy atom. The molecular weight excluding hydrogens is 276 g/mol. The molecule has 0 saturated heterocycles. The minimum atomic E-state index is -1.13. The highest BCUT2D eigenvalue weighted by Crippen LogP contribution is 2.34. The maximum absolute atomic E-state index is 12.5. The first kappa shape index (κ1) is 13.2. The van der Waals surface area contributed by atoms with Gasteiger partial charge in [0.25, 0.3) is 5.91 Å². The molecule has 1 aliphatic rings. The van der Waals surface area contributed by atoms with Crippen LogP contribution < -0.4 is 9.64 Å². The van der Waals surface area contributed by atoms with Crippen LogP contribution in [0.4, 0.5) is 5.69 Å². The van der Waals surface area contributed by atoms with Crippen molar-refractivity contribution in [1.82, 2.24) is 5.16 Å². The van der Waals surface area contributed by atoms with Crippen molar-refractivity contribution in [2.75, 3.05) is 11.4 Å². The minimum Gasteiger partial charge on any atom is -0.478 e. The molecule has 0 fully saturated rings. The number of benzene rings is 1. The van der Waals surface area contributed by atoms with Crippen molar-refractivity contribution in [2.24, 2.45) is 0 Å². The van der Waals surface area contributed by atoms with Gasteiger partial charge in [-0.15, -0.1) is 0 Å². The van der Waals surface area contributed by atoms with Crippen LogP contribution in [0.25, 0.3) is 0 Å². The zero-order valence-corrected chi connectivity index (χ0v) is 11.1. The van der Waals surface area contributed by atoms with E-state index in [1.165, 1.54) is 11.0 Å². The molecular formula is C14H12N2O5. The van der Waals surface area contributed by atoms with Gasteiger partial charge in [0.2, 0.25) is 6.10 Å². The topological polar surface area (TPSA) is 92.9 Å². The van der Waals surface area contributed by atoms with Crippen LogP contribution in [0.5, 0.6) is 5.75 Å². The molecule has 21 heavy (non-hydrogen) atoms. The van der Waals surface area contributed by atoms with E-state index in [1.807, 2.05) is 0 Å². The molecule has 0 spiro atoms. The molecule has 0 aliphatic carbocycles. The summed E-state index contributed by atoms with van der Waals surface area (Å²) in [5.41, 5.74) is 0.647. The number of aromatic nitrogens is 1. The number of carbonyl (C=O) groups is 2. The lowest BCUT2D eigenvalue weighted by Gasteiger charge is -2.32. The van der Waals surface area contributed by atoms with Crippen LogP contribution in [0.15, 0.2) is 34.9 Å². The molecule has 2 aromatic rings. The van der Waals surface area contributed by atoms with Gasteiger partial charge in [-0.3, -0.25) is 9.69 Å². The summed E-state index contributed by atoms with van der Waals surface area (Å²) < 4.78 is 10.3. The minimum absolute atomic E-state index is 0.0862. The third kappa shape index (κ3) is 2.33. The first-order chi connectivity index (χ1) is 10.1. The Kier molecular flexibility index (Phi) is 3.09. The molecule has 2 heterocycles. The number of nitrogens with zero attached hydrogens (tertiary/aromatic N) is 2. The maximum Gasteiger partial charge on any atom is 0.346 e. The third-order valence-electron chi connectivity index (χ3n) is 3.14. The van der Waals surface area contributed by atoms with Crippen molar-refractivity contribution < 1.29 is 24.0 Å². The molecule has 1 aliphatic heterocycles. The van der Waals surface area contributed by atoms with Gasteiger partial charge in [0.05, 0.1) is 12.2 Å². The highest BCUT2D eigenvalue weighted by atomic mass is 16.5. The Morgan fingerprint density at radius 2 is 2.14 bits per heavy atom. The van der Waals surface area contributed by atoms with Crippen molar-refractivity contribution in [1.29, 1.82) is 0 Å². The average Bonchev–Trinajstić information content (AvgIpc) is 2.92. The van der Waals surface area contributed by atoms with Crippen molar-refractivity contribution >= 4 is 17.6 Å². The monoisotopic (exact) mass is 288 g/mol. The van der Waals surface area contributed by atoms with Gasteiger partial charge in [-0.25, -0.2) is 4.79 Å². The predicted octanol–water partition coefficient (Wildman–Crippen LogP) is 1.48. The highest BCUT2D eigenvalue weighted by Gasteiger charge is 2.34. The van der Waals surface area contributed by atoms with Gasteiger partial charge < -0.3 is 14.4 Å². The van der Waals surface area contributed by atoms with Crippen LogP contribution in [0, 0.1) is 6.92 Å².